The van der Waals surface area contributed by atoms with Crippen LogP contribution in [0.3, 0.4) is 0 Å². The molecule has 1 aliphatic rings. The quantitative estimate of drug-likeness (QED) is 0.205. The van der Waals surface area contributed by atoms with E-state index in [0.717, 1.165) is 61.4 Å². The van der Waals surface area contributed by atoms with E-state index in [1.165, 1.54) is 5.39 Å². The third-order valence-electron chi connectivity index (χ3n) is 8.45. The first kappa shape index (κ1) is 26.1. The van der Waals surface area contributed by atoms with Crippen LogP contribution < -0.4 is 4.74 Å². The number of aromatic nitrogens is 4. The van der Waals surface area contributed by atoms with E-state index < -0.39 is 0 Å². The van der Waals surface area contributed by atoms with E-state index in [0.29, 0.717) is 17.5 Å². The first-order valence-electron chi connectivity index (χ1n) is 15.3. The molecule has 0 bridgehead atoms. The topological polar surface area (TPSA) is 52.8 Å². The molecule has 0 unspecified atom stereocenters. The van der Waals surface area contributed by atoms with E-state index in [1.807, 2.05) is 78.9 Å². The van der Waals surface area contributed by atoms with Crippen LogP contribution in [-0.2, 0) is 0 Å². The maximum atomic E-state index is 6.50. The molecule has 5 nitrogen and oxygen atoms in total. The Labute approximate surface area is 265 Å². The minimum Gasteiger partial charge on any atom is -0.456 e. The van der Waals surface area contributed by atoms with Gasteiger partial charge in [-0.25, -0.2) is 15.0 Å². The summed E-state index contributed by atoms with van der Waals surface area (Å²) < 4.78 is 8.80. The van der Waals surface area contributed by atoms with Crippen LogP contribution in [0.1, 0.15) is 11.1 Å². The molecule has 216 valence electrons. The fourth-order valence-electron chi connectivity index (χ4n) is 6.24. The molecule has 0 radical (unpaired) electrons. The van der Waals surface area contributed by atoms with Crippen molar-refractivity contribution in [3.05, 3.63) is 157 Å². The van der Waals surface area contributed by atoms with Crippen molar-refractivity contribution >= 4 is 34.0 Å². The Bertz CT molecular complexity index is 2390. The second-order valence-corrected chi connectivity index (χ2v) is 11.3. The number of rotatable bonds is 4. The third-order valence-corrected chi connectivity index (χ3v) is 8.45. The van der Waals surface area contributed by atoms with Crippen LogP contribution in [0, 0.1) is 0 Å². The highest BCUT2D eigenvalue weighted by molar-refractivity contribution is 6.10. The lowest BCUT2D eigenvalue weighted by Crippen LogP contribution is -2.01. The van der Waals surface area contributed by atoms with Crippen molar-refractivity contribution in [1.82, 2.24) is 19.5 Å². The van der Waals surface area contributed by atoms with Crippen molar-refractivity contribution in [2.24, 2.45) is 0 Å². The normalized spacial score (nSPS) is 12.0. The van der Waals surface area contributed by atoms with Gasteiger partial charge in [-0.1, -0.05) is 121 Å². The van der Waals surface area contributed by atoms with Crippen molar-refractivity contribution in [1.29, 1.82) is 0 Å². The molecule has 0 spiro atoms. The summed E-state index contributed by atoms with van der Waals surface area (Å²) in [6, 6.07) is 49.6. The average molecular weight is 591 g/mol. The Kier molecular flexibility index (Phi) is 6.06. The number of fused-ring (bicyclic) bond motifs is 5. The van der Waals surface area contributed by atoms with Crippen molar-refractivity contribution in [2.45, 2.75) is 0 Å². The minimum atomic E-state index is 0.620. The molecule has 0 amide bonds. The van der Waals surface area contributed by atoms with E-state index in [1.54, 1.807) is 0 Å². The largest absolute Gasteiger partial charge is 0.456 e. The third kappa shape index (κ3) is 4.45. The lowest BCUT2D eigenvalue weighted by atomic mass is 10.1. The lowest BCUT2D eigenvalue weighted by Gasteiger charge is -2.13. The molecule has 5 heteroatoms. The minimum absolute atomic E-state index is 0.620. The van der Waals surface area contributed by atoms with E-state index in [4.69, 9.17) is 19.7 Å². The zero-order chi connectivity index (χ0) is 30.5. The fourth-order valence-corrected chi connectivity index (χ4v) is 6.24. The molecule has 6 aromatic carbocycles. The van der Waals surface area contributed by atoms with E-state index in [2.05, 4.69) is 83.4 Å². The molecule has 9 rings (SSSR count). The summed E-state index contributed by atoms with van der Waals surface area (Å²) in [6.45, 7) is 0. The van der Waals surface area contributed by atoms with Crippen LogP contribution in [0.4, 0.5) is 0 Å². The fraction of sp³-hybridized carbons (Fsp3) is 0. The Hall–Kier alpha value is -6.33. The highest BCUT2D eigenvalue weighted by atomic mass is 16.5. The van der Waals surface area contributed by atoms with E-state index >= 15 is 0 Å². The predicted molar refractivity (Wildman–Crippen MR) is 186 cm³/mol. The van der Waals surface area contributed by atoms with Gasteiger partial charge in [0.05, 0.1) is 11.0 Å². The molecule has 0 aliphatic carbocycles. The molecule has 0 saturated carbocycles. The van der Waals surface area contributed by atoms with Gasteiger partial charge in [-0.15, -0.1) is 0 Å². The van der Waals surface area contributed by atoms with Gasteiger partial charge < -0.3 is 9.30 Å². The van der Waals surface area contributed by atoms with Gasteiger partial charge in [0, 0.05) is 50.3 Å². The molecule has 0 atom stereocenters. The van der Waals surface area contributed by atoms with Crippen LogP contribution in [0.5, 0.6) is 11.5 Å². The smallest absolute Gasteiger partial charge is 0.164 e. The van der Waals surface area contributed by atoms with Gasteiger partial charge in [-0.2, -0.15) is 0 Å². The van der Waals surface area contributed by atoms with E-state index in [-0.39, 0.29) is 0 Å². The van der Waals surface area contributed by atoms with Crippen LogP contribution in [0.25, 0.3) is 73.8 Å². The van der Waals surface area contributed by atoms with Crippen molar-refractivity contribution < 1.29 is 4.74 Å². The molecule has 46 heavy (non-hydrogen) atoms. The molecule has 8 aromatic rings. The van der Waals surface area contributed by atoms with Crippen LogP contribution in [-0.4, -0.2) is 19.5 Å². The lowest BCUT2D eigenvalue weighted by molar-refractivity contribution is 0.482. The number of hydrogen-bond donors (Lipinski definition) is 0. The van der Waals surface area contributed by atoms with Crippen molar-refractivity contribution in [3.8, 4) is 51.3 Å². The summed E-state index contributed by atoms with van der Waals surface area (Å²) in [4.78, 5) is 14.8. The Balaban J connectivity index is 1.23. The van der Waals surface area contributed by atoms with Crippen molar-refractivity contribution in [3.63, 3.8) is 0 Å². The van der Waals surface area contributed by atoms with Gasteiger partial charge in [0.1, 0.15) is 11.5 Å². The second-order valence-electron chi connectivity index (χ2n) is 11.3. The molecule has 3 heterocycles. The summed E-state index contributed by atoms with van der Waals surface area (Å²) in [6.07, 6.45) is 4.26. The molecule has 0 fully saturated rings. The molecule has 0 N–H and O–H groups in total. The summed E-state index contributed by atoms with van der Waals surface area (Å²) in [5.41, 5.74) is 8.09. The number of para-hydroxylation sites is 2. The first-order chi connectivity index (χ1) is 22.8. The number of ether oxygens (including phenoxy) is 1. The van der Waals surface area contributed by atoms with Gasteiger partial charge in [0.15, 0.2) is 17.5 Å². The zero-order valence-corrected chi connectivity index (χ0v) is 24.7. The van der Waals surface area contributed by atoms with Gasteiger partial charge in [-0.3, -0.25) is 0 Å². The zero-order valence-electron chi connectivity index (χ0n) is 24.7. The number of nitrogens with zero attached hydrogens (tertiary/aromatic N) is 4. The Morgan fingerprint density at radius 2 is 1.02 bits per heavy atom. The first-order valence-corrected chi connectivity index (χ1v) is 15.3. The van der Waals surface area contributed by atoms with Gasteiger partial charge >= 0.3 is 0 Å². The van der Waals surface area contributed by atoms with Crippen molar-refractivity contribution in [2.75, 3.05) is 0 Å². The summed E-state index contributed by atoms with van der Waals surface area (Å²) in [7, 11) is 0. The maximum Gasteiger partial charge on any atom is 0.164 e. The predicted octanol–water partition coefficient (Wildman–Crippen LogP) is 10.2. The average Bonchev–Trinajstić information content (AvgIpc) is 3.32. The Morgan fingerprint density at radius 1 is 0.413 bits per heavy atom. The molecular weight excluding hydrogens is 564 g/mol. The summed E-state index contributed by atoms with van der Waals surface area (Å²) in [5, 5.41) is 2.34. The number of benzene rings is 6. The summed E-state index contributed by atoms with van der Waals surface area (Å²) >= 11 is 0. The van der Waals surface area contributed by atoms with Gasteiger partial charge in [-0.05, 0) is 30.3 Å². The summed E-state index contributed by atoms with van der Waals surface area (Å²) in [5.74, 6) is 3.57. The number of hydrogen-bond acceptors (Lipinski definition) is 4. The standard InChI is InChI=1S/C41H26N4O/c1-3-13-28(14-4-1)39-42-40(29-15-5-2-6-16-29)44-41(43-39)31-17-11-18-32(24-31)45-35-20-9-8-19-33(35)34-25-30-23-22-27-12-7-10-21-37(27)46-38(30)26-36(34)45/h1-26H. The monoisotopic (exact) mass is 590 g/mol. The van der Waals surface area contributed by atoms with Crippen LogP contribution in [0.15, 0.2) is 146 Å². The van der Waals surface area contributed by atoms with Gasteiger partial charge in [0.25, 0.3) is 0 Å². The maximum absolute atomic E-state index is 6.50. The molecular formula is C41H26N4O. The van der Waals surface area contributed by atoms with E-state index in [9.17, 15) is 0 Å². The SMILES string of the molecule is C1=Cc2cc3c4ccccc4n(-c4cccc(-c5nc(-c6ccccc6)nc(-c6ccccc6)n5)c4)c3cc2Oc2ccccc21. The highest BCUT2D eigenvalue weighted by Crippen LogP contribution is 2.41. The van der Waals surface area contributed by atoms with Crippen LogP contribution >= 0.6 is 0 Å². The molecule has 0 saturated heterocycles. The van der Waals surface area contributed by atoms with Crippen LogP contribution in [0.2, 0.25) is 0 Å². The molecule has 2 aromatic heterocycles. The highest BCUT2D eigenvalue weighted by Gasteiger charge is 2.19. The van der Waals surface area contributed by atoms with Gasteiger partial charge in [0.2, 0.25) is 0 Å². The second kappa shape index (κ2) is 10.7. The molecule has 1 aliphatic heterocycles. The Morgan fingerprint density at radius 3 is 1.78 bits per heavy atom.